The molecule has 1 heterocycles. The van der Waals surface area contributed by atoms with Crippen molar-refractivity contribution in [2.75, 3.05) is 31.8 Å². The second-order valence-electron chi connectivity index (χ2n) is 7.20. The number of fused-ring (bicyclic) bond motifs is 1. The summed E-state index contributed by atoms with van der Waals surface area (Å²) in [5.74, 6) is 1.67. The van der Waals surface area contributed by atoms with Gasteiger partial charge in [0.25, 0.3) is 0 Å². The number of methoxy groups -OCH3 is 1. The predicted molar refractivity (Wildman–Crippen MR) is 116 cm³/mol. The van der Waals surface area contributed by atoms with Gasteiger partial charge in [0.05, 0.1) is 17.7 Å². The molecule has 0 saturated heterocycles. The van der Waals surface area contributed by atoms with E-state index in [9.17, 15) is 4.79 Å². The summed E-state index contributed by atoms with van der Waals surface area (Å²) in [5.41, 5.74) is 1.43. The maximum absolute atomic E-state index is 13.2. The van der Waals surface area contributed by atoms with Crippen molar-refractivity contribution in [2.45, 2.75) is 30.9 Å². The Labute approximate surface area is 176 Å². The van der Waals surface area contributed by atoms with Crippen molar-refractivity contribution in [3.63, 3.8) is 0 Å². The first-order valence-electron chi connectivity index (χ1n) is 9.42. The molecule has 0 aliphatic carbocycles. The molecule has 1 aliphatic rings. The van der Waals surface area contributed by atoms with Crippen LogP contribution in [0.25, 0.3) is 0 Å². The molecular weight excluding hydrogens is 394 g/mol. The number of carbonyl (C=O) groups is 1. The minimum atomic E-state index is -0.537. The van der Waals surface area contributed by atoms with Crippen LogP contribution in [0.5, 0.6) is 5.75 Å². The number of carbonyl (C=O) groups excluding carboxylic acids is 1. The lowest BCUT2D eigenvalue weighted by atomic mass is 9.87. The normalized spacial score (nSPS) is 19.1. The standard InChI is InChI=1S/C22H26ClNO3S/c1-4-22(2)15-27-20-13-16(14-28-18-8-6-17(23)7-9-18)5-10-19(20)24(21(22)25)11-12-26-3/h5-10,13H,4,11-12,14-15H2,1-3H3. The summed E-state index contributed by atoms with van der Waals surface area (Å²) in [7, 11) is 1.65. The van der Waals surface area contributed by atoms with E-state index in [0.717, 1.165) is 39.1 Å². The summed E-state index contributed by atoms with van der Waals surface area (Å²) in [4.78, 5) is 16.1. The molecule has 0 spiro atoms. The van der Waals surface area contributed by atoms with E-state index in [2.05, 4.69) is 6.07 Å². The van der Waals surface area contributed by atoms with Gasteiger partial charge in [0.2, 0.25) is 5.91 Å². The molecule has 1 aliphatic heterocycles. The maximum Gasteiger partial charge on any atom is 0.236 e. The van der Waals surface area contributed by atoms with Gasteiger partial charge >= 0.3 is 0 Å². The van der Waals surface area contributed by atoms with Crippen molar-refractivity contribution < 1.29 is 14.3 Å². The molecule has 6 heteroatoms. The lowest BCUT2D eigenvalue weighted by Crippen LogP contribution is -2.44. The molecular formula is C22H26ClNO3S. The number of hydrogen-bond donors (Lipinski definition) is 0. The van der Waals surface area contributed by atoms with E-state index >= 15 is 0 Å². The molecule has 3 rings (SSSR count). The molecule has 1 amide bonds. The van der Waals surface area contributed by atoms with Crippen LogP contribution in [0.4, 0.5) is 5.69 Å². The van der Waals surface area contributed by atoms with Crippen LogP contribution in [0, 0.1) is 5.41 Å². The van der Waals surface area contributed by atoms with Gasteiger partial charge < -0.3 is 14.4 Å². The first-order valence-corrected chi connectivity index (χ1v) is 10.8. The van der Waals surface area contributed by atoms with Gasteiger partial charge in [-0.2, -0.15) is 0 Å². The number of nitrogens with zero attached hydrogens (tertiary/aromatic N) is 1. The van der Waals surface area contributed by atoms with Crippen LogP contribution in [0.15, 0.2) is 47.4 Å². The average molecular weight is 420 g/mol. The molecule has 0 aromatic heterocycles. The number of anilines is 1. The zero-order valence-corrected chi connectivity index (χ0v) is 18.1. The highest BCUT2D eigenvalue weighted by Gasteiger charge is 2.40. The third kappa shape index (κ3) is 4.65. The van der Waals surface area contributed by atoms with Crippen LogP contribution >= 0.6 is 23.4 Å². The summed E-state index contributed by atoms with van der Waals surface area (Å²) < 4.78 is 11.3. The lowest BCUT2D eigenvalue weighted by molar-refractivity contribution is -0.128. The third-order valence-electron chi connectivity index (χ3n) is 5.14. The van der Waals surface area contributed by atoms with Crippen molar-refractivity contribution in [1.82, 2.24) is 0 Å². The Morgan fingerprint density at radius 2 is 2.00 bits per heavy atom. The molecule has 0 N–H and O–H groups in total. The van der Waals surface area contributed by atoms with Crippen LogP contribution < -0.4 is 9.64 Å². The highest BCUT2D eigenvalue weighted by atomic mass is 35.5. The van der Waals surface area contributed by atoms with Crippen molar-refractivity contribution in [2.24, 2.45) is 5.41 Å². The lowest BCUT2D eigenvalue weighted by Gasteiger charge is -2.30. The minimum Gasteiger partial charge on any atom is -0.490 e. The van der Waals surface area contributed by atoms with Crippen molar-refractivity contribution in [1.29, 1.82) is 0 Å². The highest BCUT2D eigenvalue weighted by molar-refractivity contribution is 7.98. The zero-order chi connectivity index (χ0) is 20.1. The fourth-order valence-electron chi connectivity index (χ4n) is 3.08. The molecule has 0 bridgehead atoms. The number of rotatable bonds is 7. The number of ether oxygens (including phenoxy) is 2. The Bertz CT molecular complexity index is 827. The summed E-state index contributed by atoms with van der Waals surface area (Å²) in [6, 6.07) is 13.9. The van der Waals surface area contributed by atoms with Crippen LogP contribution in [0.2, 0.25) is 5.02 Å². The Morgan fingerprint density at radius 3 is 2.68 bits per heavy atom. The molecule has 0 radical (unpaired) electrons. The van der Waals surface area contributed by atoms with Crippen molar-refractivity contribution in [3.8, 4) is 5.75 Å². The fourth-order valence-corrected chi connectivity index (χ4v) is 4.04. The van der Waals surface area contributed by atoms with Gasteiger partial charge in [-0.3, -0.25) is 4.79 Å². The van der Waals surface area contributed by atoms with Crippen LogP contribution in [-0.4, -0.2) is 32.8 Å². The number of benzene rings is 2. The summed E-state index contributed by atoms with van der Waals surface area (Å²) >= 11 is 7.70. The topological polar surface area (TPSA) is 38.8 Å². The minimum absolute atomic E-state index is 0.0917. The predicted octanol–water partition coefficient (Wildman–Crippen LogP) is 5.42. The van der Waals surface area contributed by atoms with Gasteiger partial charge in [0.15, 0.2) is 0 Å². The first-order chi connectivity index (χ1) is 13.5. The number of hydrogen-bond acceptors (Lipinski definition) is 4. The number of thioether (sulfide) groups is 1. The number of halogens is 1. The zero-order valence-electron chi connectivity index (χ0n) is 16.5. The van der Waals surface area contributed by atoms with Crippen LogP contribution in [0.3, 0.4) is 0 Å². The van der Waals surface area contributed by atoms with E-state index in [4.69, 9.17) is 21.1 Å². The second-order valence-corrected chi connectivity index (χ2v) is 8.68. The van der Waals surface area contributed by atoms with E-state index in [1.165, 1.54) is 0 Å². The van der Waals surface area contributed by atoms with Gasteiger partial charge in [-0.15, -0.1) is 11.8 Å². The molecule has 1 unspecified atom stereocenters. The Morgan fingerprint density at radius 1 is 1.25 bits per heavy atom. The van der Waals surface area contributed by atoms with Crippen molar-refractivity contribution in [3.05, 3.63) is 53.1 Å². The average Bonchev–Trinajstić information content (AvgIpc) is 2.81. The first kappa shape index (κ1) is 21.0. The maximum atomic E-state index is 13.2. The molecule has 150 valence electrons. The van der Waals surface area contributed by atoms with E-state index in [1.807, 2.05) is 55.1 Å². The summed E-state index contributed by atoms with van der Waals surface area (Å²) in [6.45, 7) is 5.38. The molecule has 2 aromatic rings. The molecule has 1 atom stereocenters. The van der Waals surface area contributed by atoms with Crippen LogP contribution in [0.1, 0.15) is 25.8 Å². The Hall–Kier alpha value is -1.69. The molecule has 2 aromatic carbocycles. The smallest absolute Gasteiger partial charge is 0.236 e. The Balaban J connectivity index is 1.83. The van der Waals surface area contributed by atoms with Gasteiger partial charge in [0.1, 0.15) is 12.4 Å². The summed E-state index contributed by atoms with van der Waals surface area (Å²) in [5, 5.41) is 0.738. The quantitative estimate of drug-likeness (QED) is 0.561. The number of amides is 1. The Kier molecular flexibility index (Phi) is 6.91. The van der Waals surface area contributed by atoms with Gasteiger partial charge in [0, 0.05) is 29.3 Å². The van der Waals surface area contributed by atoms with Gasteiger partial charge in [-0.1, -0.05) is 24.6 Å². The summed E-state index contributed by atoms with van der Waals surface area (Å²) in [6.07, 6.45) is 0.725. The monoisotopic (exact) mass is 419 g/mol. The van der Waals surface area contributed by atoms with Crippen LogP contribution in [-0.2, 0) is 15.3 Å². The van der Waals surface area contributed by atoms with Gasteiger partial charge in [-0.05, 0) is 55.3 Å². The SMILES string of the molecule is CCC1(C)COc2cc(CSc3ccc(Cl)cc3)ccc2N(CCOC)C1=O. The highest BCUT2D eigenvalue weighted by Crippen LogP contribution is 2.39. The van der Waals surface area contributed by atoms with E-state index in [0.29, 0.717) is 19.8 Å². The molecule has 0 fully saturated rings. The van der Waals surface area contributed by atoms with E-state index in [1.54, 1.807) is 18.9 Å². The molecule has 28 heavy (non-hydrogen) atoms. The fraction of sp³-hybridized carbons (Fsp3) is 0.409. The van der Waals surface area contributed by atoms with E-state index in [-0.39, 0.29) is 5.91 Å². The van der Waals surface area contributed by atoms with Crippen molar-refractivity contribution >= 4 is 35.0 Å². The molecule has 0 saturated carbocycles. The largest absolute Gasteiger partial charge is 0.490 e. The van der Waals surface area contributed by atoms with Gasteiger partial charge in [-0.25, -0.2) is 0 Å². The third-order valence-corrected chi connectivity index (χ3v) is 6.48. The molecule has 4 nitrogen and oxygen atoms in total. The van der Waals surface area contributed by atoms with E-state index < -0.39 is 5.41 Å². The second kappa shape index (κ2) is 9.21.